The second kappa shape index (κ2) is 7.92. The minimum absolute atomic E-state index is 0.121. The third-order valence-corrected chi connectivity index (χ3v) is 4.02. The minimum Gasteiger partial charge on any atom is -0.503 e. The van der Waals surface area contributed by atoms with E-state index >= 15 is 0 Å². The first-order chi connectivity index (χ1) is 12.9. The lowest BCUT2D eigenvalue weighted by Gasteiger charge is -2.10. The fourth-order valence-electron chi connectivity index (χ4n) is 2.31. The zero-order valence-electron chi connectivity index (χ0n) is 14.3. The molecule has 0 unspecified atom stereocenters. The van der Waals surface area contributed by atoms with E-state index < -0.39 is 11.3 Å². The fourth-order valence-corrected chi connectivity index (χ4v) is 2.43. The first kappa shape index (κ1) is 18.5. The van der Waals surface area contributed by atoms with Crippen LogP contribution in [0.4, 0.5) is 0 Å². The summed E-state index contributed by atoms with van der Waals surface area (Å²) in [7, 11) is 1.67. The van der Waals surface area contributed by atoms with Crippen LogP contribution in [0.25, 0.3) is 0 Å². The molecule has 2 heterocycles. The summed E-state index contributed by atoms with van der Waals surface area (Å²) in [5.74, 6) is 0.348. The maximum absolute atomic E-state index is 12.2. The van der Waals surface area contributed by atoms with Gasteiger partial charge in [-0.1, -0.05) is 11.6 Å². The summed E-state index contributed by atoms with van der Waals surface area (Å²) in [6.45, 7) is 0.121. The van der Waals surface area contributed by atoms with Crippen molar-refractivity contribution in [2.24, 2.45) is 7.05 Å². The van der Waals surface area contributed by atoms with Gasteiger partial charge in [0.15, 0.2) is 5.75 Å². The average molecular weight is 386 g/mol. The summed E-state index contributed by atoms with van der Waals surface area (Å²) in [4.78, 5) is 27.8. The zero-order valence-corrected chi connectivity index (χ0v) is 15.1. The number of nitrogens with one attached hydrogen (secondary N) is 1. The Labute approximate surface area is 159 Å². The van der Waals surface area contributed by atoms with Crippen molar-refractivity contribution in [2.75, 3.05) is 0 Å². The van der Waals surface area contributed by atoms with Crippen LogP contribution in [0.3, 0.4) is 0 Å². The Hall–Kier alpha value is -3.32. The van der Waals surface area contributed by atoms with Crippen molar-refractivity contribution in [2.45, 2.75) is 6.54 Å². The lowest BCUT2D eigenvalue weighted by Crippen LogP contribution is -2.26. The predicted octanol–water partition coefficient (Wildman–Crippen LogP) is 2.86. The summed E-state index contributed by atoms with van der Waals surface area (Å²) in [6, 6.07) is 11.3. The molecule has 138 valence electrons. The third kappa shape index (κ3) is 4.65. The highest BCUT2D eigenvalue weighted by molar-refractivity contribution is 6.30. The SMILES string of the molecule is Cn1cc(O)c(=O)cc1CNC(=O)c1ccc(Oc2ccc(Cl)cc2)cn1. The first-order valence-electron chi connectivity index (χ1n) is 7.98. The molecule has 0 aliphatic carbocycles. The number of carbonyl (C=O) groups excluding carboxylic acids is 1. The number of rotatable bonds is 5. The van der Waals surface area contributed by atoms with Gasteiger partial charge >= 0.3 is 0 Å². The molecule has 0 spiro atoms. The third-order valence-electron chi connectivity index (χ3n) is 3.77. The van der Waals surface area contributed by atoms with E-state index in [9.17, 15) is 14.7 Å². The van der Waals surface area contributed by atoms with Gasteiger partial charge in [0.2, 0.25) is 5.43 Å². The van der Waals surface area contributed by atoms with Gasteiger partial charge in [-0.2, -0.15) is 0 Å². The molecule has 0 atom stereocenters. The Balaban J connectivity index is 1.63. The molecule has 3 aromatic rings. The van der Waals surface area contributed by atoms with E-state index in [4.69, 9.17) is 16.3 Å². The lowest BCUT2D eigenvalue weighted by atomic mass is 10.3. The number of hydrogen-bond acceptors (Lipinski definition) is 5. The van der Waals surface area contributed by atoms with Crippen LogP contribution in [-0.4, -0.2) is 20.6 Å². The molecule has 27 heavy (non-hydrogen) atoms. The van der Waals surface area contributed by atoms with Gasteiger partial charge in [0, 0.05) is 30.0 Å². The van der Waals surface area contributed by atoms with Crippen LogP contribution in [0.2, 0.25) is 5.02 Å². The van der Waals surface area contributed by atoms with E-state index in [1.807, 2.05) is 0 Å². The van der Waals surface area contributed by atoms with Crippen LogP contribution >= 0.6 is 11.6 Å². The lowest BCUT2D eigenvalue weighted by molar-refractivity contribution is 0.0945. The first-order valence-corrected chi connectivity index (χ1v) is 8.36. The number of aryl methyl sites for hydroxylation is 1. The highest BCUT2D eigenvalue weighted by Gasteiger charge is 2.09. The molecule has 2 aromatic heterocycles. The van der Waals surface area contributed by atoms with E-state index in [0.29, 0.717) is 22.2 Å². The van der Waals surface area contributed by atoms with Crippen LogP contribution in [0.5, 0.6) is 17.2 Å². The highest BCUT2D eigenvalue weighted by Crippen LogP contribution is 2.22. The van der Waals surface area contributed by atoms with Crippen molar-refractivity contribution >= 4 is 17.5 Å². The van der Waals surface area contributed by atoms with Gasteiger partial charge in [-0.3, -0.25) is 9.59 Å². The topological polar surface area (TPSA) is 93.5 Å². The van der Waals surface area contributed by atoms with Crippen molar-refractivity contribution in [1.82, 2.24) is 14.9 Å². The molecule has 0 aliphatic rings. The molecule has 3 rings (SSSR count). The smallest absolute Gasteiger partial charge is 0.270 e. The van der Waals surface area contributed by atoms with Gasteiger partial charge in [-0.15, -0.1) is 0 Å². The van der Waals surface area contributed by atoms with Crippen molar-refractivity contribution in [1.29, 1.82) is 0 Å². The highest BCUT2D eigenvalue weighted by atomic mass is 35.5. The average Bonchev–Trinajstić information content (AvgIpc) is 2.66. The summed E-state index contributed by atoms with van der Waals surface area (Å²) in [5, 5.41) is 12.7. The molecule has 1 aromatic carbocycles. The summed E-state index contributed by atoms with van der Waals surface area (Å²) >= 11 is 5.83. The van der Waals surface area contributed by atoms with Crippen LogP contribution in [0.1, 0.15) is 16.2 Å². The van der Waals surface area contributed by atoms with Crippen molar-refractivity contribution < 1.29 is 14.6 Å². The van der Waals surface area contributed by atoms with Crippen molar-refractivity contribution in [3.63, 3.8) is 0 Å². The molecule has 0 saturated heterocycles. The van der Waals surface area contributed by atoms with Crippen LogP contribution in [0, 0.1) is 0 Å². The van der Waals surface area contributed by atoms with Crippen LogP contribution in [-0.2, 0) is 13.6 Å². The van der Waals surface area contributed by atoms with Gasteiger partial charge < -0.3 is 19.7 Å². The molecule has 1 amide bonds. The number of pyridine rings is 2. The summed E-state index contributed by atoms with van der Waals surface area (Å²) in [5.41, 5.74) is 0.259. The van der Waals surface area contributed by atoms with Crippen molar-refractivity contribution in [3.05, 3.63) is 81.5 Å². The van der Waals surface area contributed by atoms with Crippen molar-refractivity contribution in [3.8, 4) is 17.2 Å². The molecular formula is C19H16ClN3O4. The van der Waals surface area contributed by atoms with E-state index in [1.54, 1.807) is 41.9 Å². The molecular weight excluding hydrogens is 370 g/mol. The molecule has 0 radical (unpaired) electrons. The number of benzene rings is 1. The van der Waals surface area contributed by atoms with Gasteiger partial charge in [0.1, 0.15) is 17.2 Å². The van der Waals surface area contributed by atoms with Gasteiger partial charge in [-0.25, -0.2) is 4.98 Å². The molecule has 0 saturated carbocycles. The summed E-state index contributed by atoms with van der Waals surface area (Å²) < 4.78 is 7.19. The Kier molecular flexibility index (Phi) is 5.42. The quantitative estimate of drug-likeness (QED) is 0.704. The Morgan fingerprint density at radius 3 is 2.59 bits per heavy atom. The molecule has 2 N–H and O–H groups in total. The number of aromatic nitrogens is 2. The number of aromatic hydroxyl groups is 1. The van der Waals surface area contributed by atoms with Crippen LogP contribution < -0.4 is 15.5 Å². The molecule has 0 bridgehead atoms. The van der Waals surface area contributed by atoms with Gasteiger partial charge in [0.25, 0.3) is 5.91 Å². The second-order valence-corrected chi connectivity index (χ2v) is 6.18. The molecule has 7 nitrogen and oxygen atoms in total. The number of hydrogen-bond donors (Lipinski definition) is 2. The number of carbonyl (C=O) groups is 1. The van der Waals surface area contributed by atoms with E-state index in [2.05, 4.69) is 10.3 Å². The number of nitrogens with zero attached hydrogens (tertiary/aromatic N) is 2. The van der Waals surface area contributed by atoms with Gasteiger partial charge in [-0.05, 0) is 36.4 Å². The molecule has 8 heteroatoms. The Morgan fingerprint density at radius 2 is 1.93 bits per heavy atom. The van der Waals surface area contributed by atoms with Crippen LogP contribution in [0.15, 0.2) is 59.7 Å². The normalized spacial score (nSPS) is 10.4. The monoisotopic (exact) mass is 385 g/mol. The molecule has 0 aliphatic heterocycles. The maximum atomic E-state index is 12.2. The fraction of sp³-hybridized carbons (Fsp3) is 0.105. The molecule has 0 fully saturated rings. The predicted molar refractivity (Wildman–Crippen MR) is 100 cm³/mol. The Morgan fingerprint density at radius 1 is 1.22 bits per heavy atom. The maximum Gasteiger partial charge on any atom is 0.270 e. The van der Waals surface area contributed by atoms with Gasteiger partial charge in [0.05, 0.1) is 12.7 Å². The largest absolute Gasteiger partial charge is 0.503 e. The Bertz CT molecular complexity index is 1010. The zero-order chi connectivity index (χ0) is 19.4. The van der Waals surface area contributed by atoms with E-state index in [1.165, 1.54) is 24.5 Å². The number of ether oxygens (including phenoxy) is 1. The number of halogens is 1. The standard InChI is InChI=1S/C19H16ClN3O4/c1-23-11-18(25)17(24)8-13(23)9-22-19(26)16-7-6-15(10-21-16)27-14-4-2-12(20)3-5-14/h2-8,10-11,25H,9H2,1H3,(H,22,26). The minimum atomic E-state index is -0.501. The number of amides is 1. The van der Waals surface area contributed by atoms with E-state index in [-0.39, 0.29) is 18.0 Å². The second-order valence-electron chi connectivity index (χ2n) is 5.74. The summed E-state index contributed by atoms with van der Waals surface area (Å²) in [6.07, 6.45) is 2.74. The van der Waals surface area contributed by atoms with E-state index in [0.717, 1.165) is 0 Å².